The largest absolute Gasteiger partial charge is 0.484 e. The average molecular weight is 440 g/mol. The fourth-order valence-corrected chi connectivity index (χ4v) is 2.60. The van der Waals surface area contributed by atoms with E-state index < -0.39 is 11.8 Å². The smallest absolute Gasteiger partial charge is 0.276 e. The maximum Gasteiger partial charge on any atom is 0.276 e. The van der Waals surface area contributed by atoms with E-state index in [4.69, 9.17) is 17.0 Å². The number of carbonyl (C=O) groups is 2. The van der Waals surface area contributed by atoms with Crippen LogP contribution in [0.25, 0.3) is 6.08 Å². The Morgan fingerprint density at radius 1 is 1.20 bits per heavy atom. The second-order valence-corrected chi connectivity index (χ2v) is 6.89. The minimum atomic E-state index is -0.436. The van der Waals surface area contributed by atoms with E-state index in [2.05, 4.69) is 32.1 Å². The molecule has 0 spiro atoms. The number of ether oxygens (including phenoxy) is 1. The van der Waals surface area contributed by atoms with Crippen molar-refractivity contribution in [3.63, 3.8) is 0 Å². The maximum absolute atomic E-state index is 11.7. The Morgan fingerprint density at radius 2 is 1.96 bits per heavy atom. The third-order valence-electron chi connectivity index (χ3n) is 2.68. The maximum atomic E-state index is 11.7. The number of halogens is 1. The van der Waals surface area contributed by atoms with Crippen molar-refractivity contribution in [1.29, 1.82) is 0 Å². The molecule has 0 unspecified atom stereocenters. The van der Waals surface area contributed by atoms with Gasteiger partial charge in [0.05, 0.1) is 0 Å². The number of rotatable bonds is 5. The molecule has 2 rings (SSSR count). The van der Waals surface area contributed by atoms with Gasteiger partial charge in [-0.1, -0.05) is 22.0 Å². The zero-order valence-corrected chi connectivity index (χ0v) is 16.0. The molecule has 0 fully saturated rings. The van der Waals surface area contributed by atoms with E-state index in [0.29, 0.717) is 5.75 Å². The zero-order valence-electron chi connectivity index (χ0n) is 12.8. The molecule has 130 valence electrons. The minimum Gasteiger partial charge on any atom is -0.484 e. The number of thiophene rings is 1. The summed E-state index contributed by atoms with van der Waals surface area (Å²) in [5.41, 5.74) is 4.77. The molecule has 0 saturated heterocycles. The number of nitrogens with one attached hydrogen (secondary N) is 3. The van der Waals surface area contributed by atoms with E-state index in [1.54, 1.807) is 30.3 Å². The van der Waals surface area contributed by atoms with Crippen LogP contribution < -0.4 is 20.9 Å². The first-order chi connectivity index (χ1) is 12.0. The van der Waals surface area contributed by atoms with Gasteiger partial charge in [-0.2, -0.15) is 0 Å². The van der Waals surface area contributed by atoms with Gasteiger partial charge >= 0.3 is 0 Å². The van der Waals surface area contributed by atoms with E-state index in [-0.39, 0.29) is 11.7 Å². The number of hydrogen-bond acceptors (Lipinski definition) is 5. The zero-order chi connectivity index (χ0) is 18.1. The van der Waals surface area contributed by atoms with Crippen molar-refractivity contribution in [2.45, 2.75) is 0 Å². The van der Waals surface area contributed by atoms with Crippen LogP contribution in [0.4, 0.5) is 0 Å². The summed E-state index contributed by atoms with van der Waals surface area (Å²) in [6, 6.07) is 10.8. The molecule has 0 saturated carbocycles. The van der Waals surface area contributed by atoms with E-state index in [1.807, 2.05) is 17.5 Å². The summed E-state index contributed by atoms with van der Waals surface area (Å²) in [7, 11) is 0. The molecule has 6 nitrogen and oxygen atoms in total. The van der Waals surface area contributed by atoms with Gasteiger partial charge in [0.15, 0.2) is 11.7 Å². The van der Waals surface area contributed by atoms with Gasteiger partial charge in [-0.3, -0.25) is 25.8 Å². The molecule has 1 heterocycles. The second-order valence-electron chi connectivity index (χ2n) is 4.58. The van der Waals surface area contributed by atoms with Crippen molar-refractivity contribution in [1.82, 2.24) is 16.2 Å². The lowest BCUT2D eigenvalue weighted by Crippen LogP contribution is -2.49. The summed E-state index contributed by atoms with van der Waals surface area (Å²) < 4.78 is 6.22. The third kappa shape index (κ3) is 7.46. The van der Waals surface area contributed by atoms with Crippen molar-refractivity contribution in [3.05, 3.63) is 57.2 Å². The van der Waals surface area contributed by atoms with E-state index in [0.717, 1.165) is 9.35 Å². The van der Waals surface area contributed by atoms with Gasteiger partial charge in [-0.15, -0.1) is 11.3 Å². The summed E-state index contributed by atoms with van der Waals surface area (Å²) in [4.78, 5) is 24.3. The van der Waals surface area contributed by atoms with Gasteiger partial charge < -0.3 is 4.74 Å². The molecule has 0 radical (unpaired) electrons. The first-order valence-corrected chi connectivity index (χ1v) is 9.11. The normalized spacial score (nSPS) is 10.3. The highest BCUT2D eigenvalue weighted by Gasteiger charge is 2.05. The van der Waals surface area contributed by atoms with Crippen LogP contribution in [0.2, 0.25) is 0 Å². The Morgan fingerprint density at radius 3 is 2.64 bits per heavy atom. The van der Waals surface area contributed by atoms with Crippen molar-refractivity contribution in [2.24, 2.45) is 0 Å². The first kappa shape index (κ1) is 19.1. The number of benzene rings is 1. The van der Waals surface area contributed by atoms with Gasteiger partial charge in [0.2, 0.25) is 5.91 Å². The van der Waals surface area contributed by atoms with Gasteiger partial charge in [0, 0.05) is 15.4 Å². The summed E-state index contributed by atoms with van der Waals surface area (Å²) in [5.74, 6) is -0.271. The second kappa shape index (κ2) is 9.92. The van der Waals surface area contributed by atoms with Crippen LogP contribution in [0, 0.1) is 0 Å². The van der Waals surface area contributed by atoms with Gasteiger partial charge in [-0.05, 0) is 54.0 Å². The predicted octanol–water partition coefficient (Wildman–Crippen LogP) is 2.62. The Labute approximate surface area is 162 Å². The number of amides is 2. The molecule has 0 atom stereocenters. The minimum absolute atomic E-state index is 0.0159. The quantitative estimate of drug-likeness (QED) is 0.379. The molecule has 3 N–H and O–H groups in total. The van der Waals surface area contributed by atoms with Crippen LogP contribution in [0.15, 0.2) is 52.3 Å². The molecule has 0 aliphatic rings. The van der Waals surface area contributed by atoms with Crippen LogP contribution in [0.1, 0.15) is 4.88 Å². The summed E-state index contributed by atoms with van der Waals surface area (Å²) in [5, 5.41) is 4.31. The van der Waals surface area contributed by atoms with Crippen molar-refractivity contribution < 1.29 is 14.3 Å². The summed E-state index contributed by atoms with van der Waals surface area (Å²) in [6.07, 6.45) is 3.03. The monoisotopic (exact) mass is 439 g/mol. The Balaban J connectivity index is 1.65. The number of hydrogen-bond donors (Lipinski definition) is 3. The lowest BCUT2D eigenvalue weighted by atomic mass is 10.3. The number of hydrazine groups is 1. The molecule has 25 heavy (non-hydrogen) atoms. The summed E-state index contributed by atoms with van der Waals surface area (Å²) >= 11 is 9.74. The summed E-state index contributed by atoms with van der Waals surface area (Å²) in [6.45, 7) is -0.191. The topological polar surface area (TPSA) is 79.5 Å². The molecule has 1 aromatic heterocycles. The van der Waals surface area contributed by atoms with E-state index in [1.165, 1.54) is 17.4 Å². The molecule has 9 heteroatoms. The Bertz CT molecular complexity index is 761. The van der Waals surface area contributed by atoms with Crippen molar-refractivity contribution in [3.8, 4) is 5.75 Å². The average Bonchev–Trinajstić information content (AvgIpc) is 3.11. The lowest BCUT2D eigenvalue weighted by Gasteiger charge is -2.10. The van der Waals surface area contributed by atoms with E-state index in [9.17, 15) is 9.59 Å². The van der Waals surface area contributed by atoms with Crippen molar-refractivity contribution >= 4 is 62.5 Å². The van der Waals surface area contributed by atoms with Crippen LogP contribution in [0.3, 0.4) is 0 Å². The molecule has 1 aromatic carbocycles. The molecule has 0 bridgehead atoms. The standard InChI is InChI=1S/C16H14BrN3O3S2/c17-11-3-5-12(6-4-11)23-10-15(22)19-20-16(24)18-14(21)8-7-13-2-1-9-25-13/h1-9H,10H2,(H,19,22)(H2,18,20,21,24)/b8-7+. The van der Waals surface area contributed by atoms with Gasteiger partial charge in [0.25, 0.3) is 5.91 Å². The fourth-order valence-electron chi connectivity index (χ4n) is 1.57. The highest BCUT2D eigenvalue weighted by atomic mass is 79.9. The number of thiocarbonyl (C=S) groups is 1. The predicted molar refractivity (Wildman–Crippen MR) is 105 cm³/mol. The molecule has 0 aliphatic carbocycles. The molecule has 2 aromatic rings. The highest BCUT2D eigenvalue weighted by molar-refractivity contribution is 9.10. The van der Waals surface area contributed by atoms with Crippen LogP contribution in [-0.4, -0.2) is 23.5 Å². The molecular formula is C16H14BrN3O3S2. The van der Waals surface area contributed by atoms with Crippen LogP contribution >= 0.6 is 39.5 Å². The van der Waals surface area contributed by atoms with Gasteiger partial charge in [0.1, 0.15) is 5.75 Å². The Kier molecular flexibility index (Phi) is 7.58. The first-order valence-electron chi connectivity index (χ1n) is 7.02. The molecular weight excluding hydrogens is 426 g/mol. The molecule has 2 amide bonds. The van der Waals surface area contributed by atoms with Crippen LogP contribution in [0.5, 0.6) is 5.75 Å². The fraction of sp³-hybridized carbons (Fsp3) is 0.0625. The lowest BCUT2D eigenvalue weighted by molar-refractivity contribution is -0.123. The SMILES string of the molecule is O=C(/C=C/c1cccs1)NC(=S)NNC(=O)COc1ccc(Br)cc1. The number of carbonyl (C=O) groups excluding carboxylic acids is 2. The third-order valence-corrected chi connectivity index (χ3v) is 4.25. The van der Waals surface area contributed by atoms with Crippen molar-refractivity contribution in [2.75, 3.05) is 6.61 Å². The van der Waals surface area contributed by atoms with Crippen LogP contribution in [-0.2, 0) is 9.59 Å². The van der Waals surface area contributed by atoms with E-state index >= 15 is 0 Å². The Hall–Kier alpha value is -2.23. The highest BCUT2D eigenvalue weighted by Crippen LogP contribution is 2.15. The van der Waals surface area contributed by atoms with Gasteiger partial charge in [-0.25, -0.2) is 0 Å². The molecule has 0 aliphatic heterocycles.